The number of pyridine rings is 1. The van der Waals surface area contributed by atoms with Crippen LogP contribution in [0.4, 0.5) is 6.01 Å². The number of oxazole rings is 1. The third kappa shape index (κ3) is 2.58. The van der Waals surface area contributed by atoms with Crippen LogP contribution in [0.1, 0.15) is 5.69 Å². The van der Waals surface area contributed by atoms with Gasteiger partial charge in [-0.3, -0.25) is 0 Å². The van der Waals surface area contributed by atoms with Gasteiger partial charge in [0.05, 0.1) is 11.4 Å². The van der Waals surface area contributed by atoms with Crippen molar-refractivity contribution in [2.24, 2.45) is 22.2 Å². The molecule has 0 aliphatic rings. The van der Waals surface area contributed by atoms with Gasteiger partial charge in [0.1, 0.15) is 12.0 Å². The number of guanidine groups is 1. The maximum atomic E-state index is 5.51. The molecule has 7 heteroatoms. The van der Waals surface area contributed by atoms with Crippen LogP contribution in [0.3, 0.4) is 0 Å². The van der Waals surface area contributed by atoms with Crippen molar-refractivity contribution in [3.05, 3.63) is 30.2 Å². The Bertz CT molecular complexity index is 543. The van der Waals surface area contributed by atoms with E-state index in [1.165, 1.54) is 6.26 Å². The van der Waals surface area contributed by atoms with Crippen LogP contribution in [-0.4, -0.2) is 15.9 Å². The lowest BCUT2D eigenvalue weighted by atomic mass is 10.2. The Labute approximate surface area is 97.4 Å². The Hall–Kier alpha value is -2.41. The molecule has 0 spiro atoms. The molecule has 0 aliphatic heterocycles. The lowest BCUT2D eigenvalue weighted by Gasteiger charge is -1.98. The van der Waals surface area contributed by atoms with E-state index in [9.17, 15) is 0 Å². The summed E-state index contributed by atoms with van der Waals surface area (Å²) < 4.78 is 5.07. The van der Waals surface area contributed by atoms with Crippen LogP contribution in [0.25, 0.3) is 11.4 Å². The van der Waals surface area contributed by atoms with Gasteiger partial charge in [0.25, 0.3) is 0 Å². The molecule has 88 valence electrons. The van der Waals surface area contributed by atoms with E-state index in [0.717, 1.165) is 5.69 Å². The summed E-state index contributed by atoms with van der Waals surface area (Å²) in [5, 5.41) is 0. The van der Waals surface area contributed by atoms with Crippen molar-refractivity contribution in [1.82, 2.24) is 9.97 Å². The third-order valence-corrected chi connectivity index (χ3v) is 2.00. The van der Waals surface area contributed by atoms with Gasteiger partial charge in [0.15, 0.2) is 5.96 Å². The fraction of sp³-hybridized carbons (Fsp3) is 0.100. The van der Waals surface area contributed by atoms with Crippen LogP contribution in [0, 0.1) is 0 Å². The standard InChI is InChI=1S/C10H12N6O/c11-4-6-2-1-3-7(14-6)8-5-17-10(15-8)16-9(12)13/h1-3,5H,4,11H2,(H4,12,13,15,16). The van der Waals surface area contributed by atoms with Gasteiger partial charge < -0.3 is 21.6 Å². The molecule has 0 bridgehead atoms. The summed E-state index contributed by atoms with van der Waals surface area (Å²) in [6.07, 6.45) is 1.43. The Morgan fingerprint density at radius 2 is 2.06 bits per heavy atom. The molecular formula is C10H12N6O. The molecule has 7 nitrogen and oxygen atoms in total. The van der Waals surface area contributed by atoms with E-state index in [1.807, 2.05) is 12.1 Å². The Morgan fingerprint density at radius 1 is 1.24 bits per heavy atom. The molecule has 2 rings (SSSR count). The first-order valence-electron chi connectivity index (χ1n) is 4.90. The average molecular weight is 232 g/mol. The Balaban J connectivity index is 2.33. The lowest BCUT2D eigenvalue weighted by Crippen LogP contribution is -2.21. The molecule has 6 N–H and O–H groups in total. The van der Waals surface area contributed by atoms with Crippen molar-refractivity contribution in [1.29, 1.82) is 0 Å². The van der Waals surface area contributed by atoms with Crippen LogP contribution in [0.2, 0.25) is 0 Å². The molecular weight excluding hydrogens is 220 g/mol. The molecule has 0 fully saturated rings. The average Bonchev–Trinajstić information content (AvgIpc) is 2.77. The van der Waals surface area contributed by atoms with E-state index in [1.54, 1.807) is 6.07 Å². The van der Waals surface area contributed by atoms with Gasteiger partial charge in [-0.2, -0.15) is 9.98 Å². The van der Waals surface area contributed by atoms with Gasteiger partial charge in [-0.1, -0.05) is 6.07 Å². The summed E-state index contributed by atoms with van der Waals surface area (Å²) in [6, 6.07) is 5.58. The highest BCUT2D eigenvalue weighted by Gasteiger charge is 2.07. The minimum Gasteiger partial charge on any atom is -0.430 e. The second kappa shape index (κ2) is 4.62. The summed E-state index contributed by atoms with van der Waals surface area (Å²) in [7, 11) is 0. The third-order valence-electron chi connectivity index (χ3n) is 2.00. The molecule has 0 saturated carbocycles. The van der Waals surface area contributed by atoms with Crippen LogP contribution in [-0.2, 0) is 6.54 Å². The van der Waals surface area contributed by atoms with Gasteiger partial charge in [-0.25, -0.2) is 4.98 Å². The van der Waals surface area contributed by atoms with Crippen LogP contribution in [0.15, 0.2) is 33.9 Å². The molecule has 17 heavy (non-hydrogen) atoms. The molecule has 2 heterocycles. The van der Waals surface area contributed by atoms with E-state index in [0.29, 0.717) is 17.9 Å². The Kier molecular flexibility index (Phi) is 3.01. The van der Waals surface area contributed by atoms with Crippen molar-refractivity contribution < 1.29 is 4.42 Å². The molecule has 0 aliphatic carbocycles. The minimum absolute atomic E-state index is 0.0972. The number of rotatable bonds is 3. The summed E-state index contributed by atoms with van der Waals surface area (Å²) in [5.74, 6) is -0.109. The monoisotopic (exact) mass is 232 g/mol. The molecule has 0 saturated heterocycles. The number of nitrogens with zero attached hydrogens (tertiary/aromatic N) is 3. The van der Waals surface area contributed by atoms with E-state index >= 15 is 0 Å². The maximum absolute atomic E-state index is 5.51. The molecule has 0 radical (unpaired) electrons. The van der Waals surface area contributed by atoms with E-state index < -0.39 is 0 Å². The van der Waals surface area contributed by atoms with E-state index in [4.69, 9.17) is 21.6 Å². The number of aliphatic imine (C=N–C) groups is 1. The zero-order chi connectivity index (χ0) is 12.3. The highest BCUT2D eigenvalue weighted by Crippen LogP contribution is 2.20. The quantitative estimate of drug-likeness (QED) is 0.508. The molecule has 2 aromatic heterocycles. The van der Waals surface area contributed by atoms with Crippen LogP contribution >= 0.6 is 0 Å². The van der Waals surface area contributed by atoms with Crippen molar-refractivity contribution in [2.75, 3.05) is 0 Å². The topological polar surface area (TPSA) is 129 Å². The normalized spacial score (nSPS) is 10.2. The van der Waals surface area contributed by atoms with Gasteiger partial charge >= 0.3 is 6.01 Å². The van der Waals surface area contributed by atoms with Crippen molar-refractivity contribution in [3.63, 3.8) is 0 Å². The zero-order valence-corrected chi connectivity index (χ0v) is 9.00. The first-order chi connectivity index (χ1) is 8.19. The molecule has 0 unspecified atom stereocenters. The summed E-state index contributed by atoms with van der Waals surface area (Å²) in [4.78, 5) is 12.1. The summed E-state index contributed by atoms with van der Waals surface area (Å²) in [5.41, 5.74) is 17.9. The molecule has 0 amide bonds. The fourth-order valence-corrected chi connectivity index (χ4v) is 1.28. The first kappa shape index (κ1) is 11.1. The van der Waals surface area contributed by atoms with E-state index in [2.05, 4.69) is 15.0 Å². The highest BCUT2D eigenvalue weighted by molar-refractivity contribution is 5.77. The number of aromatic nitrogens is 2. The highest BCUT2D eigenvalue weighted by atomic mass is 16.4. The minimum atomic E-state index is -0.109. The predicted molar refractivity (Wildman–Crippen MR) is 63.1 cm³/mol. The summed E-state index contributed by atoms with van der Waals surface area (Å²) >= 11 is 0. The second-order valence-electron chi connectivity index (χ2n) is 3.27. The smallest absolute Gasteiger partial charge is 0.325 e. The SMILES string of the molecule is NCc1cccc(-c2coc(N=C(N)N)n2)n1. The second-order valence-corrected chi connectivity index (χ2v) is 3.27. The molecule has 0 aromatic carbocycles. The molecule has 2 aromatic rings. The Morgan fingerprint density at radius 3 is 2.76 bits per heavy atom. The van der Waals surface area contributed by atoms with Crippen molar-refractivity contribution in [3.8, 4) is 11.4 Å². The van der Waals surface area contributed by atoms with Crippen LogP contribution < -0.4 is 17.2 Å². The van der Waals surface area contributed by atoms with E-state index in [-0.39, 0.29) is 12.0 Å². The summed E-state index contributed by atoms with van der Waals surface area (Å²) in [6.45, 7) is 0.368. The number of hydrogen-bond acceptors (Lipinski definition) is 5. The largest absolute Gasteiger partial charge is 0.430 e. The van der Waals surface area contributed by atoms with Gasteiger partial charge in [-0.05, 0) is 12.1 Å². The fourth-order valence-electron chi connectivity index (χ4n) is 1.28. The maximum Gasteiger partial charge on any atom is 0.325 e. The van der Waals surface area contributed by atoms with Crippen molar-refractivity contribution in [2.45, 2.75) is 6.54 Å². The predicted octanol–water partition coefficient (Wildman–Crippen LogP) is 0.100. The zero-order valence-electron chi connectivity index (χ0n) is 9.00. The first-order valence-corrected chi connectivity index (χ1v) is 4.90. The van der Waals surface area contributed by atoms with Crippen molar-refractivity contribution >= 4 is 12.0 Å². The van der Waals surface area contributed by atoms with Gasteiger partial charge in [0, 0.05) is 6.54 Å². The van der Waals surface area contributed by atoms with Gasteiger partial charge in [-0.15, -0.1) is 0 Å². The number of hydrogen-bond donors (Lipinski definition) is 3. The van der Waals surface area contributed by atoms with Gasteiger partial charge in [0.2, 0.25) is 0 Å². The molecule has 0 atom stereocenters. The number of nitrogens with two attached hydrogens (primary N) is 3. The van der Waals surface area contributed by atoms with Crippen LogP contribution in [0.5, 0.6) is 0 Å². The lowest BCUT2D eigenvalue weighted by molar-refractivity contribution is 0.570.